The summed E-state index contributed by atoms with van der Waals surface area (Å²) in [6.07, 6.45) is 0.759. The predicted molar refractivity (Wildman–Crippen MR) is 126 cm³/mol. The van der Waals surface area contributed by atoms with Crippen molar-refractivity contribution >= 4 is 10.8 Å². The van der Waals surface area contributed by atoms with Gasteiger partial charge in [0.1, 0.15) is 5.82 Å². The zero-order chi connectivity index (χ0) is 25.7. The van der Waals surface area contributed by atoms with Crippen LogP contribution in [0.5, 0.6) is 5.75 Å². The smallest absolute Gasteiger partial charge is 0.403 e. The summed E-state index contributed by atoms with van der Waals surface area (Å²) in [6.45, 7) is 0.667. The van der Waals surface area contributed by atoms with Gasteiger partial charge in [-0.1, -0.05) is 30.3 Å². The predicted octanol–water partition coefficient (Wildman–Crippen LogP) is 6.84. The van der Waals surface area contributed by atoms with Crippen LogP contribution in [-0.2, 0) is 24.0 Å². The second-order valence-corrected chi connectivity index (χ2v) is 8.30. The zero-order valence-corrected chi connectivity index (χ0v) is 19.4. The summed E-state index contributed by atoms with van der Waals surface area (Å²) >= 11 is 0. The number of alkyl halides is 3. The van der Waals surface area contributed by atoms with Crippen molar-refractivity contribution in [2.45, 2.75) is 32.0 Å². The number of benzene rings is 3. The number of nitrogens with zero attached hydrogens (tertiary/aromatic N) is 2. The first-order valence-corrected chi connectivity index (χ1v) is 11.3. The van der Waals surface area contributed by atoms with E-state index >= 15 is 4.39 Å². The van der Waals surface area contributed by atoms with Crippen LogP contribution in [0.3, 0.4) is 0 Å². The Morgan fingerprint density at radius 2 is 1.61 bits per heavy atom. The number of aryl methyl sites for hydroxylation is 3. The summed E-state index contributed by atoms with van der Waals surface area (Å²) in [4.78, 5) is 8.85. The highest BCUT2D eigenvalue weighted by Crippen LogP contribution is 2.28. The van der Waals surface area contributed by atoms with Crippen LogP contribution in [0.2, 0.25) is 0 Å². The van der Waals surface area contributed by atoms with Crippen molar-refractivity contribution in [3.63, 3.8) is 0 Å². The fraction of sp³-hybridized carbons (Fsp3) is 0.259. The van der Waals surface area contributed by atoms with Gasteiger partial charge in [-0.05, 0) is 66.0 Å². The Labute approximate surface area is 204 Å². The molecular weight excluding hydrogens is 479 g/mol. The van der Waals surface area contributed by atoms with Gasteiger partial charge in [0.15, 0.2) is 17.4 Å². The SMILES string of the molecule is COCCCc1cnc(-c2ccc3c(F)c(CCc4ccc(OC(F)(F)F)c(F)c4)ccc3c2)nc1. The van der Waals surface area contributed by atoms with E-state index < -0.39 is 23.7 Å². The van der Waals surface area contributed by atoms with Gasteiger partial charge in [0, 0.05) is 37.1 Å². The van der Waals surface area contributed by atoms with E-state index in [1.807, 2.05) is 6.07 Å². The molecular formula is C27H23F5N2O2. The van der Waals surface area contributed by atoms with Crippen LogP contribution in [0.1, 0.15) is 23.1 Å². The largest absolute Gasteiger partial charge is 0.573 e. The lowest BCUT2D eigenvalue weighted by atomic mass is 9.99. The first-order chi connectivity index (χ1) is 17.2. The van der Waals surface area contributed by atoms with Crippen LogP contribution < -0.4 is 4.74 Å². The fourth-order valence-electron chi connectivity index (χ4n) is 3.91. The fourth-order valence-corrected chi connectivity index (χ4v) is 3.91. The standard InChI is InChI=1S/C27H23F5N2O2/c1-35-12-2-3-18-15-33-26(34-16-18)21-9-10-22-20(14-21)8-7-19(25(22)29)6-4-17-5-11-24(23(28)13-17)36-27(30,31)32/h5,7-11,13-16H,2-4,6,12H2,1H3. The Bertz CT molecular complexity index is 1340. The Morgan fingerprint density at radius 3 is 2.31 bits per heavy atom. The second-order valence-electron chi connectivity index (χ2n) is 8.30. The van der Waals surface area contributed by atoms with Crippen molar-refractivity contribution in [2.24, 2.45) is 0 Å². The third-order valence-electron chi connectivity index (χ3n) is 5.72. The van der Waals surface area contributed by atoms with E-state index in [4.69, 9.17) is 4.74 Å². The summed E-state index contributed by atoms with van der Waals surface area (Å²) in [5.41, 5.74) is 2.62. The quantitative estimate of drug-likeness (QED) is 0.186. The van der Waals surface area contributed by atoms with Gasteiger partial charge in [0.2, 0.25) is 0 Å². The molecule has 0 amide bonds. The van der Waals surface area contributed by atoms with Crippen molar-refractivity contribution in [2.75, 3.05) is 13.7 Å². The first-order valence-electron chi connectivity index (χ1n) is 11.3. The minimum Gasteiger partial charge on any atom is -0.403 e. The number of ether oxygens (including phenoxy) is 2. The lowest BCUT2D eigenvalue weighted by molar-refractivity contribution is -0.275. The van der Waals surface area contributed by atoms with E-state index in [9.17, 15) is 17.6 Å². The molecule has 4 aromatic rings. The van der Waals surface area contributed by atoms with Crippen LogP contribution in [0.25, 0.3) is 22.2 Å². The van der Waals surface area contributed by atoms with Crippen LogP contribution in [0.4, 0.5) is 22.0 Å². The summed E-state index contributed by atoms with van der Waals surface area (Å²) in [5, 5.41) is 1.11. The topological polar surface area (TPSA) is 44.2 Å². The van der Waals surface area contributed by atoms with Crippen LogP contribution in [-0.4, -0.2) is 30.0 Å². The third-order valence-corrected chi connectivity index (χ3v) is 5.72. The van der Waals surface area contributed by atoms with Gasteiger partial charge >= 0.3 is 6.36 Å². The molecule has 3 aromatic carbocycles. The lowest BCUT2D eigenvalue weighted by Crippen LogP contribution is -2.18. The molecule has 0 bridgehead atoms. The maximum Gasteiger partial charge on any atom is 0.573 e. The maximum absolute atomic E-state index is 15.2. The van der Waals surface area contributed by atoms with Crippen LogP contribution >= 0.6 is 0 Å². The zero-order valence-electron chi connectivity index (χ0n) is 19.4. The van der Waals surface area contributed by atoms with E-state index in [0.29, 0.717) is 34.3 Å². The van der Waals surface area contributed by atoms with Crippen molar-refractivity contribution in [1.29, 1.82) is 0 Å². The number of methoxy groups -OCH3 is 1. The molecule has 4 rings (SSSR count). The van der Waals surface area contributed by atoms with Crippen molar-refractivity contribution in [1.82, 2.24) is 9.97 Å². The monoisotopic (exact) mass is 502 g/mol. The molecule has 188 valence electrons. The molecule has 1 aromatic heterocycles. The average Bonchev–Trinajstić information content (AvgIpc) is 2.85. The van der Waals surface area contributed by atoms with Gasteiger partial charge in [-0.15, -0.1) is 13.2 Å². The van der Waals surface area contributed by atoms with E-state index in [1.54, 1.807) is 43.8 Å². The highest BCUT2D eigenvalue weighted by atomic mass is 19.4. The summed E-state index contributed by atoms with van der Waals surface area (Å²) in [5.74, 6) is -1.88. The maximum atomic E-state index is 15.2. The van der Waals surface area contributed by atoms with E-state index in [1.165, 1.54) is 6.07 Å². The second kappa shape index (κ2) is 11.0. The van der Waals surface area contributed by atoms with E-state index in [-0.39, 0.29) is 12.8 Å². The van der Waals surface area contributed by atoms with Gasteiger partial charge in [0.25, 0.3) is 0 Å². The molecule has 0 fully saturated rings. The Balaban J connectivity index is 1.46. The molecule has 4 nitrogen and oxygen atoms in total. The molecule has 0 saturated carbocycles. The molecule has 0 aliphatic rings. The summed E-state index contributed by atoms with van der Waals surface area (Å²) in [7, 11) is 1.66. The minimum absolute atomic E-state index is 0.244. The normalized spacial score (nSPS) is 11.7. The van der Waals surface area contributed by atoms with Gasteiger partial charge < -0.3 is 9.47 Å². The molecule has 0 atom stereocenters. The molecule has 0 aliphatic heterocycles. The van der Waals surface area contributed by atoms with E-state index in [0.717, 1.165) is 36.1 Å². The Hall–Kier alpha value is -3.59. The number of halogens is 5. The number of rotatable bonds is 9. The third kappa shape index (κ3) is 6.34. The van der Waals surface area contributed by atoms with Gasteiger partial charge in [-0.2, -0.15) is 0 Å². The molecule has 0 radical (unpaired) electrons. The van der Waals surface area contributed by atoms with Crippen LogP contribution in [0.15, 0.2) is 60.9 Å². The van der Waals surface area contributed by atoms with Crippen molar-refractivity contribution < 1.29 is 31.4 Å². The average molecular weight is 502 g/mol. The summed E-state index contributed by atoms with van der Waals surface area (Å²) in [6, 6.07) is 11.9. The molecule has 0 unspecified atom stereocenters. The number of fused-ring (bicyclic) bond motifs is 1. The van der Waals surface area contributed by atoms with E-state index in [2.05, 4.69) is 14.7 Å². The number of hydrogen-bond acceptors (Lipinski definition) is 4. The molecule has 36 heavy (non-hydrogen) atoms. The highest BCUT2D eigenvalue weighted by molar-refractivity contribution is 5.87. The number of hydrogen-bond donors (Lipinski definition) is 0. The molecule has 0 aliphatic carbocycles. The van der Waals surface area contributed by atoms with Crippen molar-refractivity contribution in [3.8, 4) is 17.1 Å². The molecule has 0 N–H and O–H groups in total. The van der Waals surface area contributed by atoms with Crippen LogP contribution in [0, 0.1) is 11.6 Å². The van der Waals surface area contributed by atoms with Crippen molar-refractivity contribution in [3.05, 3.63) is 89.2 Å². The minimum atomic E-state index is -4.98. The lowest BCUT2D eigenvalue weighted by Gasteiger charge is -2.11. The highest BCUT2D eigenvalue weighted by Gasteiger charge is 2.32. The number of aromatic nitrogens is 2. The molecule has 1 heterocycles. The molecule has 0 spiro atoms. The summed E-state index contributed by atoms with van der Waals surface area (Å²) < 4.78 is 74.7. The molecule has 0 saturated heterocycles. The van der Waals surface area contributed by atoms with Gasteiger partial charge in [-0.3, -0.25) is 0 Å². The first kappa shape index (κ1) is 25.5. The van der Waals surface area contributed by atoms with Gasteiger partial charge in [0.05, 0.1) is 0 Å². The molecule has 9 heteroatoms. The Morgan fingerprint density at radius 1 is 0.833 bits per heavy atom. The Kier molecular flexibility index (Phi) is 7.79. The van der Waals surface area contributed by atoms with Gasteiger partial charge in [-0.25, -0.2) is 18.7 Å².